The maximum atomic E-state index is 8.53. The Morgan fingerprint density at radius 3 is 3.00 bits per heavy atom. The zero-order chi connectivity index (χ0) is 9.26. The first-order valence-corrected chi connectivity index (χ1v) is 3.71. The molecule has 0 radical (unpaired) electrons. The van der Waals surface area contributed by atoms with Crippen LogP contribution in [0.3, 0.4) is 0 Å². The van der Waals surface area contributed by atoms with Gasteiger partial charge in [-0.1, -0.05) is 0 Å². The first kappa shape index (κ1) is 8.09. The van der Waals surface area contributed by atoms with Crippen molar-refractivity contribution in [2.45, 2.75) is 0 Å². The lowest BCUT2D eigenvalue weighted by Crippen LogP contribution is -2.20. The van der Waals surface area contributed by atoms with Crippen molar-refractivity contribution in [1.82, 2.24) is 9.97 Å². The average molecular weight is 178 g/mol. The Balaban J connectivity index is 2.38. The van der Waals surface area contributed by atoms with Crippen LogP contribution in [0.5, 0.6) is 5.88 Å². The summed E-state index contributed by atoms with van der Waals surface area (Å²) in [7, 11) is -1.80. The first-order chi connectivity index (χ1) is 6.25. The van der Waals surface area contributed by atoms with E-state index in [9.17, 15) is 0 Å². The van der Waals surface area contributed by atoms with Gasteiger partial charge in [-0.3, -0.25) is 4.98 Å². The number of pyridine rings is 1. The second-order valence-corrected chi connectivity index (χ2v) is 2.54. The lowest BCUT2D eigenvalue weighted by atomic mass is 10.3. The number of rotatable bonds is 2. The fraction of sp³-hybridized carbons (Fsp3) is 0. The molecule has 0 saturated carbocycles. The van der Waals surface area contributed by atoms with Crippen LogP contribution in [0.15, 0.2) is 24.5 Å². The maximum Gasteiger partial charge on any atom is 0.708 e. The zero-order valence-corrected chi connectivity index (χ0v) is 6.64. The van der Waals surface area contributed by atoms with E-state index < -0.39 is 7.32 Å². The predicted octanol–water partition coefficient (Wildman–Crippen LogP) is -0.0888. The van der Waals surface area contributed by atoms with E-state index in [1.807, 2.05) is 0 Å². The minimum absolute atomic E-state index is 0.304. The van der Waals surface area contributed by atoms with E-state index in [1.54, 1.807) is 24.5 Å². The van der Waals surface area contributed by atoms with Crippen molar-refractivity contribution in [1.29, 1.82) is 0 Å². The van der Waals surface area contributed by atoms with E-state index in [2.05, 4.69) is 14.6 Å². The monoisotopic (exact) mass is 178 g/mol. The summed E-state index contributed by atoms with van der Waals surface area (Å²) in [5.41, 5.74) is 0.790. The standard InChI is InChI=1S/C7H7BN2O3/c11-8(12)13-7-3-5-1-2-9-4-6(5)10-7/h1-4,10-12H. The second-order valence-electron chi connectivity index (χ2n) is 2.54. The Morgan fingerprint density at radius 2 is 2.31 bits per heavy atom. The van der Waals surface area contributed by atoms with Crippen molar-refractivity contribution in [3.63, 3.8) is 0 Å². The number of aromatic nitrogens is 2. The third-order valence-corrected chi connectivity index (χ3v) is 1.63. The summed E-state index contributed by atoms with van der Waals surface area (Å²) in [6.07, 6.45) is 3.28. The first-order valence-electron chi connectivity index (χ1n) is 3.71. The molecule has 0 unspecified atom stereocenters. The van der Waals surface area contributed by atoms with E-state index in [0.717, 1.165) is 10.9 Å². The largest absolute Gasteiger partial charge is 0.708 e. The second kappa shape index (κ2) is 3.08. The third kappa shape index (κ3) is 1.63. The van der Waals surface area contributed by atoms with Gasteiger partial charge >= 0.3 is 7.32 Å². The molecule has 2 aromatic heterocycles. The molecule has 0 atom stereocenters. The zero-order valence-electron chi connectivity index (χ0n) is 6.64. The lowest BCUT2D eigenvalue weighted by molar-refractivity contribution is 0.284. The summed E-state index contributed by atoms with van der Waals surface area (Å²) in [6.45, 7) is 0. The summed E-state index contributed by atoms with van der Waals surface area (Å²) >= 11 is 0. The molecule has 2 rings (SSSR count). The number of fused-ring (bicyclic) bond motifs is 1. The van der Waals surface area contributed by atoms with Crippen molar-refractivity contribution in [3.8, 4) is 5.88 Å². The van der Waals surface area contributed by atoms with Crippen molar-refractivity contribution in [2.24, 2.45) is 0 Å². The van der Waals surface area contributed by atoms with E-state index in [0.29, 0.717) is 5.88 Å². The van der Waals surface area contributed by atoms with Crippen molar-refractivity contribution in [3.05, 3.63) is 24.5 Å². The molecule has 0 amide bonds. The van der Waals surface area contributed by atoms with Gasteiger partial charge in [0, 0.05) is 17.6 Å². The molecule has 0 aliphatic carbocycles. The smallest absolute Gasteiger partial charge is 0.499 e. The number of nitrogens with one attached hydrogen (secondary N) is 1. The number of nitrogens with zero attached hydrogens (tertiary/aromatic N) is 1. The van der Waals surface area contributed by atoms with Crippen LogP contribution in [0.25, 0.3) is 10.9 Å². The van der Waals surface area contributed by atoms with Crippen LogP contribution in [-0.2, 0) is 0 Å². The fourth-order valence-electron chi connectivity index (χ4n) is 1.12. The van der Waals surface area contributed by atoms with Gasteiger partial charge in [-0.15, -0.1) is 0 Å². The topological polar surface area (TPSA) is 78.4 Å². The normalized spacial score (nSPS) is 10.3. The quantitative estimate of drug-likeness (QED) is 0.561. The minimum Gasteiger partial charge on any atom is -0.499 e. The molecule has 0 saturated heterocycles. The van der Waals surface area contributed by atoms with Crippen molar-refractivity contribution >= 4 is 18.2 Å². The Hall–Kier alpha value is -1.53. The molecular formula is C7H7BN2O3. The highest BCUT2D eigenvalue weighted by Crippen LogP contribution is 2.18. The Bertz CT molecular complexity index is 382. The van der Waals surface area contributed by atoms with Crippen LogP contribution >= 0.6 is 0 Å². The Labute approximate surface area is 74.2 Å². The molecule has 13 heavy (non-hydrogen) atoms. The van der Waals surface area contributed by atoms with Crippen LogP contribution in [0.1, 0.15) is 0 Å². The summed E-state index contributed by atoms with van der Waals surface area (Å²) < 4.78 is 4.63. The molecule has 5 nitrogen and oxygen atoms in total. The van der Waals surface area contributed by atoms with E-state index >= 15 is 0 Å². The van der Waals surface area contributed by atoms with Gasteiger partial charge in [0.05, 0.1) is 11.7 Å². The maximum absolute atomic E-state index is 8.53. The van der Waals surface area contributed by atoms with E-state index in [1.165, 1.54) is 0 Å². The highest BCUT2D eigenvalue weighted by atomic mass is 16.6. The number of aromatic amines is 1. The molecule has 2 heterocycles. The molecule has 0 fully saturated rings. The van der Waals surface area contributed by atoms with Gasteiger partial charge in [-0.25, -0.2) is 0 Å². The van der Waals surface area contributed by atoms with E-state index in [4.69, 9.17) is 10.0 Å². The SMILES string of the molecule is OB(O)Oc1cc2ccncc2[nH]1. The summed E-state index contributed by atoms with van der Waals surface area (Å²) in [5, 5.41) is 18.0. The minimum atomic E-state index is -1.80. The number of hydrogen-bond acceptors (Lipinski definition) is 4. The van der Waals surface area contributed by atoms with Crippen LogP contribution in [0.4, 0.5) is 0 Å². The van der Waals surface area contributed by atoms with Gasteiger partial charge in [0.25, 0.3) is 0 Å². The van der Waals surface area contributed by atoms with Crippen molar-refractivity contribution in [2.75, 3.05) is 0 Å². The van der Waals surface area contributed by atoms with E-state index in [-0.39, 0.29) is 0 Å². The van der Waals surface area contributed by atoms with Crippen LogP contribution in [0.2, 0.25) is 0 Å². The van der Waals surface area contributed by atoms with Gasteiger partial charge in [0.15, 0.2) is 5.88 Å². The van der Waals surface area contributed by atoms with Gasteiger partial charge in [-0.05, 0) is 6.07 Å². The molecule has 0 aliphatic rings. The molecular weight excluding hydrogens is 171 g/mol. The Kier molecular flexibility index (Phi) is 1.92. The molecule has 2 aromatic rings. The number of hydrogen-bond donors (Lipinski definition) is 3. The fourth-order valence-corrected chi connectivity index (χ4v) is 1.12. The predicted molar refractivity (Wildman–Crippen MR) is 46.9 cm³/mol. The van der Waals surface area contributed by atoms with Crippen LogP contribution in [0, 0.1) is 0 Å². The molecule has 0 aliphatic heterocycles. The van der Waals surface area contributed by atoms with Gasteiger partial charge in [0.2, 0.25) is 0 Å². The van der Waals surface area contributed by atoms with Gasteiger partial charge < -0.3 is 19.7 Å². The van der Waals surface area contributed by atoms with Crippen LogP contribution in [-0.4, -0.2) is 27.3 Å². The highest BCUT2D eigenvalue weighted by Gasteiger charge is 2.12. The molecule has 66 valence electrons. The molecule has 0 spiro atoms. The number of H-pyrrole nitrogens is 1. The average Bonchev–Trinajstić information content (AvgIpc) is 2.44. The highest BCUT2D eigenvalue weighted by molar-refractivity contribution is 6.33. The van der Waals surface area contributed by atoms with Crippen LogP contribution < -0.4 is 4.65 Å². The molecule has 0 aromatic carbocycles. The molecule has 3 N–H and O–H groups in total. The summed E-state index contributed by atoms with van der Waals surface area (Å²) in [5.74, 6) is 0.304. The third-order valence-electron chi connectivity index (χ3n) is 1.63. The van der Waals surface area contributed by atoms with Gasteiger partial charge in [-0.2, -0.15) is 0 Å². The van der Waals surface area contributed by atoms with Gasteiger partial charge in [0.1, 0.15) is 0 Å². The Morgan fingerprint density at radius 1 is 1.46 bits per heavy atom. The summed E-state index contributed by atoms with van der Waals surface area (Å²) in [6, 6.07) is 3.46. The van der Waals surface area contributed by atoms with Crippen molar-refractivity contribution < 1.29 is 14.7 Å². The molecule has 6 heteroatoms. The lowest BCUT2D eigenvalue weighted by Gasteiger charge is -1.98. The summed E-state index contributed by atoms with van der Waals surface area (Å²) in [4.78, 5) is 6.72. The molecule has 0 bridgehead atoms.